The maximum Gasteiger partial charge on any atom is 0.242 e. The Morgan fingerprint density at radius 3 is 2.46 bits per heavy atom. The monoisotopic (exact) mass is 459 g/mol. The van der Waals surface area contributed by atoms with E-state index in [9.17, 15) is 4.79 Å². The zero-order valence-electron chi connectivity index (χ0n) is 19.9. The predicted octanol–water partition coefficient (Wildman–Crippen LogP) is 6.66. The van der Waals surface area contributed by atoms with Crippen LogP contribution in [0.5, 0.6) is 0 Å². The minimum absolute atomic E-state index is 0.0292. The number of nitrogens with zero attached hydrogens (tertiary/aromatic N) is 2. The molecule has 174 valence electrons. The molecule has 6 rings (SSSR count). The van der Waals surface area contributed by atoms with Gasteiger partial charge < -0.3 is 5.73 Å². The van der Waals surface area contributed by atoms with Gasteiger partial charge >= 0.3 is 0 Å². The van der Waals surface area contributed by atoms with Crippen molar-refractivity contribution in [1.82, 2.24) is 4.68 Å². The maximum absolute atomic E-state index is 12.9. The van der Waals surface area contributed by atoms with Gasteiger partial charge in [0.05, 0.1) is 11.2 Å². The van der Waals surface area contributed by atoms with Gasteiger partial charge in [-0.2, -0.15) is 0 Å². The molecule has 0 unspecified atom stereocenters. The molecular formula is C31H29N3O. The van der Waals surface area contributed by atoms with Crippen LogP contribution >= 0.6 is 0 Å². The fourth-order valence-electron chi connectivity index (χ4n) is 5.21. The maximum atomic E-state index is 12.9. The molecule has 1 fully saturated rings. The van der Waals surface area contributed by atoms with Crippen molar-refractivity contribution in [2.75, 3.05) is 11.6 Å². The quantitative estimate of drug-likeness (QED) is 0.309. The van der Waals surface area contributed by atoms with Gasteiger partial charge in [0.2, 0.25) is 5.91 Å². The van der Waals surface area contributed by atoms with Crippen molar-refractivity contribution in [3.8, 4) is 11.1 Å². The fraction of sp³-hybridized carbons (Fsp3) is 0.194. The standard InChI is InChI=1S/C31H29N3O/c1-21(35)34(27-14-11-23(12-15-27)22-9-10-22)33-20-26(17-18-32)30-19-25(13-16-31(30)33)29-8-4-6-24-5-2-3-7-28(24)29/h2-8,11-16,19-20,22H,9-10,17-18,32H2,1H3. The van der Waals surface area contributed by atoms with E-state index in [0.29, 0.717) is 12.5 Å². The summed E-state index contributed by atoms with van der Waals surface area (Å²) in [6.07, 6.45) is 5.34. The average Bonchev–Trinajstić information content (AvgIpc) is 3.68. The first kappa shape index (κ1) is 21.6. The molecule has 4 nitrogen and oxygen atoms in total. The van der Waals surface area contributed by atoms with E-state index >= 15 is 0 Å². The smallest absolute Gasteiger partial charge is 0.242 e. The van der Waals surface area contributed by atoms with Crippen LogP contribution in [0.3, 0.4) is 0 Å². The lowest BCUT2D eigenvalue weighted by Gasteiger charge is -2.24. The molecule has 0 aliphatic heterocycles. The van der Waals surface area contributed by atoms with Crippen LogP contribution in [0, 0.1) is 0 Å². The minimum atomic E-state index is -0.0292. The summed E-state index contributed by atoms with van der Waals surface area (Å²) in [6.45, 7) is 2.17. The molecule has 0 bridgehead atoms. The Kier molecular flexibility index (Phi) is 5.39. The van der Waals surface area contributed by atoms with Gasteiger partial charge in [0.25, 0.3) is 0 Å². The van der Waals surface area contributed by atoms with Crippen molar-refractivity contribution in [3.05, 3.63) is 102 Å². The molecule has 5 aromatic rings. The Labute approximate surface area is 205 Å². The van der Waals surface area contributed by atoms with Gasteiger partial charge in [-0.05, 0) is 89.0 Å². The van der Waals surface area contributed by atoms with Gasteiger partial charge in [-0.3, -0.25) is 9.47 Å². The Hall–Kier alpha value is -3.89. The second-order valence-electron chi connectivity index (χ2n) is 9.49. The SMILES string of the molecule is CC(=O)N(c1ccc(C2CC2)cc1)n1cc(CCN)c2cc(-c3cccc4ccccc34)ccc21. The molecule has 1 heterocycles. The number of benzene rings is 4. The highest BCUT2D eigenvalue weighted by molar-refractivity contribution is 6.00. The summed E-state index contributed by atoms with van der Waals surface area (Å²) in [5.41, 5.74) is 12.7. The molecule has 0 saturated heterocycles. The van der Waals surface area contributed by atoms with Crippen molar-refractivity contribution in [2.45, 2.75) is 32.1 Å². The summed E-state index contributed by atoms with van der Waals surface area (Å²) in [7, 11) is 0. The van der Waals surface area contributed by atoms with Crippen molar-refractivity contribution in [1.29, 1.82) is 0 Å². The highest BCUT2D eigenvalue weighted by Crippen LogP contribution is 2.40. The molecular weight excluding hydrogens is 430 g/mol. The molecule has 35 heavy (non-hydrogen) atoms. The average molecular weight is 460 g/mol. The van der Waals surface area contributed by atoms with Crippen LogP contribution in [-0.2, 0) is 11.2 Å². The number of hydrogen-bond donors (Lipinski definition) is 1. The predicted molar refractivity (Wildman–Crippen MR) is 145 cm³/mol. The molecule has 1 aliphatic carbocycles. The van der Waals surface area contributed by atoms with E-state index in [0.717, 1.165) is 34.1 Å². The van der Waals surface area contributed by atoms with Crippen LogP contribution in [-0.4, -0.2) is 17.1 Å². The van der Waals surface area contributed by atoms with Gasteiger partial charge in [-0.25, -0.2) is 5.01 Å². The Balaban J connectivity index is 1.49. The van der Waals surface area contributed by atoms with Gasteiger partial charge in [0, 0.05) is 18.5 Å². The highest BCUT2D eigenvalue weighted by Gasteiger charge is 2.24. The zero-order chi connectivity index (χ0) is 23.9. The van der Waals surface area contributed by atoms with Crippen LogP contribution in [0.4, 0.5) is 5.69 Å². The fourth-order valence-corrected chi connectivity index (χ4v) is 5.21. The lowest BCUT2D eigenvalue weighted by atomic mass is 9.96. The Morgan fingerprint density at radius 1 is 0.943 bits per heavy atom. The van der Waals surface area contributed by atoms with Crippen LogP contribution in [0.15, 0.2) is 91.1 Å². The number of rotatable bonds is 6. The first-order valence-corrected chi connectivity index (χ1v) is 12.4. The lowest BCUT2D eigenvalue weighted by Crippen LogP contribution is -2.33. The van der Waals surface area contributed by atoms with E-state index in [1.165, 1.54) is 34.7 Å². The number of fused-ring (bicyclic) bond motifs is 2. The summed E-state index contributed by atoms with van der Waals surface area (Å²) in [6, 6.07) is 29.9. The normalized spacial score (nSPS) is 13.4. The van der Waals surface area contributed by atoms with Crippen molar-refractivity contribution in [2.24, 2.45) is 5.73 Å². The largest absolute Gasteiger partial charge is 0.330 e. The molecule has 4 heteroatoms. The number of aromatic nitrogens is 1. The summed E-state index contributed by atoms with van der Waals surface area (Å²) < 4.78 is 1.99. The third kappa shape index (κ3) is 3.90. The van der Waals surface area contributed by atoms with E-state index in [-0.39, 0.29) is 5.91 Å². The Morgan fingerprint density at radius 2 is 1.71 bits per heavy atom. The van der Waals surface area contributed by atoms with Crippen LogP contribution in [0.2, 0.25) is 0 Å². The molecule has 0 spiro atoms. The molecule has 1 aliphatic rings. The molecule has 0 radical (unpaired) electrons. The van der Waals surface area contributed by atoms with E-state index < -0.39 is 0 Å². The topological polar surface area (TPSA) is 51.3 Å². The number of hydrogen-bond acceptors (Lipinski definition) is 2. The second kappa shape index (κ2) is 8.71. The highest BCUT2D eigenvalue weighted by atomic mass is 16.2. The van der Waals surface area contributed by atoms with Gasteiger partial charge in [0.1, 0.15) is 0 Å². The number of carbonyl (C=O) groups is 1. The number of carbonyl (C=O) groups excluding carboxylic acids is 1. The molecule has 1 aromatic heterocycles. The van der Waals surface area contributed by atoms with Crippen LogP contribution < -0.4 is 10.7 Å². The van der Waals surface area contributed by atoms with Gasteiger partial charge in [-0.15, -0.1) is 0 Å². The summed E-state index contributed by atoms with van der Waals surface area (Å²) in [4.78, 5) is 12.9. The van der Waals surface area contributed by atoms with E-state index in [4.69, 9.17) is 5.73 Å². The number of anilines is 1. The second-order valence-corrected chi connectivity index (χ2v) is 9.49. The molecule has 1 saturated carbocycles. The lowest BCUT2D eigenvalue weighted by molar-refractivity contribution is -0.117. The Bertz CT molecular complexity index is 1540. The third-order valence-electron chi connectivity index (χ3n) is 7.08. The molecule has 2 N–H and O–H groups in total. The van der Waals surface area contributed by atoms with E-state index in [2.05, 4.69) is 91.1 Å². The minimum Gasteiger partial charge on any atom is -0.330 e. The summed E-state index contributed by atoms with van der Waals surface area (Å²) >= 11 is 0. The van der Waals surface area contributed by atoms with E-state index in [1.807, 2.05) is 4.68 Å². The molecule has 1 amide bonds. The van der Waals surface area contributed by atoms with E-state index in [1.54, 1.807) is 11.9 Å². The third-order valence-corrected chi connectivity index (χ3v) is 7.08. The van der Waals surface area contributed by atoms with Crippen molar-refractivity contribution in [3.63, 3.8) is 0 Å². The van der Waals surface area contributed by atoms with Gasteiger partial charge in [0.15, 0.2) is 0 Å². The molecule has 4 aromatic carbocycles. The van der Waals surface area contributed by atoms with Crippen LogP contribution in [0.1, 0.15) is 36.8 Å². The molecule has 0 atom stereocenters. The van der Waals surface area contributed by atoms with Gasteiger partial charge in [-0.1, -0.05) is 60.7 Å². The van der Waals surface area contributed by atoms with Crippen molar-refractivity contribution >= 4 is 33.3 Å². The number of amides is 1. The van der Waals surface area contributed by atoms with Crippen LogP contribution in [0.25, 0.3) is 32.8 Å². The first-order valence-electron chi connectivity index (χ1n) is 12.4. The summed E-state index contributed by atoms with van der Waals surface area (Å²) in [5.74, 6) is 0.657. The first-order chi connectivity index (χ1) is 17.1. The zero-order valence-corrected chi connectivity index (χ0v) is 19.9. The summed E-state index contributed by atoms with van der Waals surface area (Å²) in [5, 5.41) is 5.34. The number of nitrogens with two attached hydrogens (primary N) is 1. The van der Waals surface area contributed by atoms with Crippen molar-refractivity contribution < 1.29 is 4.79 Å².